The Morgan fingerprint density at radius 1 is 1.39 bits per heavy atom. The third kappa shape index (κ3) is 1.67. The summed E-state index contributed by atoms with van der Waals surface area (Å²) in [5.41, 5.74) is 0.997. The van der Waals surface area contributed by atoms with Gasteiger partial charge in [0.05, 0.1) is 18.4 Å². The van der Waals surface area contributed by atoms with Crippen molar-refractivity contribution in [1.82, 2.24) is 9.97 Å². The molecule has 0 spiro atoms. The normalized spacial score (nSPS) is 14.1. The number of carbonyl (C=O) groups excluding carboxylic acids is 1. The predicted octanol–water partition coefficient (Wildman–Crippen LogP) is 1.71. The van der Waals surface area contributed by atoms with E-state index in [1.54, 1.807) is 12.1 Å². The maximum atomic E-state index is 13.2. The predicted molar refractivity (Wildman–Crippen MR) is 64.1 cm³/mol. The number of benzene rings is 1. The minimum atomic E-state index is -0.391. The molecular formula is C12H9FN4O. The highest BCUT2D eigenvalue weighted by Crippen LogP contribution is 2.32. The average molecular weight is 244 g/mol. The molecule has 2 aromatic rings. The molecule has 0 saturated heterocycles. The van der Waals surface area contributed by atoms with E-state index in [0.717, 1.165) is 0 Å². The molecule has 0 fully saturated rings. The number of halogens is 1. The van der Waals surface area contributed by atoms with Crippen LogP contribution in [-0.2, 0) is 4.79 Å². The highest BCUT2D eigenvalue weighted by Gasteiger charge is 2.26. The number of rotatable bonds is 1. The Morgan fingerprint density at radius 3 is 3.11 bits per heavy atom. The van der Waals surface area contributed by atoms with Gasteiger partial charge in [0, 0.05) is 0 Å². The molecule has 18 heavy (non-hydrogen) atoms. The number of amides is 1. The van der Waals surface area contributed by atoms with E-state index in [1.165, 1.54) is 29.6 Å². The summed E-state index contributed by atoms with van der Waals surface area (Å²) in [5.74, 6) is -0.00556. The van der Waals surface area contributed by atoms with E-state index in [-0.39, 0.29) is 12.5 Å². The molecular weight excluding hydrogens is 235 g/mol. The van der Waals surface area contributed by atoms with Gasteiger partial charge in [0.2, 0.25) is 0 Å². The number of anilines is 3. The van der Waals surface area contributed by atoms with Crippen LogP contribution in [0.1, 0.15) is 0 Å². The first-order valence-electron chi connectivity index (χ1n) is 5.38. The van der Waals surface area contributed by atoms with Crippen LogP contribution < -0.4 is 10.2 Å². The molecule has 0 radical (unpaired) electrons. The molecule has 0 atom stereocenters. The van der Waals surface area contributed by atoms with Crippen LogP contribution in [0.2, 0.25) is 0 Å². The fraction of sp³-hybridized carbons (Fsp3) is 0.0833. The van der Waals surface area contributed by atoms with Crippen molar-refractivity contribution < 1.29 is 9.18 Å². The quantitative estimate of drug-likeness (QED) is 0.829. The van der Waals surface area contributed by atoms with Crippen LogP contribution in [0.3, 0.4) is 0 Å². The Bertz CT molecular complexity index is 617. The third-order valence-electron chi connectivity index (χ3n) is 2.66. The minimum absolute atomic E-state index is 0.126. The lowest BCUT2D eigenvalue weighted by Crippen LogP contribution is -2.37. The zero-order valence-corrected chi connectivity index (χ0v) is 9.30. The van der Waals surface area contributed by atoms with Gasteiger partial charge >= 0.3 is 0 Å². The second-order valence-electron chi connectivity index (χ2n) is 3.82. The van der Waals surface area contributed by atoms with Crippen molar-refractivity contribution in [2.45, 2.75) is 0 Å². The van der Waals surface area contributed by atoms with E-state index in [0.29, 0.717) is 17.2 Å². The Kier molecular flexibility index (Phi) is 2.40. The summed E-state index contributed by atoms with van der Waals surface area (Å²) in [4.78, 5) is 21.3. The Hall–Kier alpha value is -2.50. The van der Waals surface area contributed by atoms with Crippen molar-refractivity contribution >= 4 is 23.1 Å². The van der Waals surface area contributed by atoms with Gasteiger partial charge in [-0.15, -0.1) is 0 Å². The van der Waals surface area contributed by atoms with Crippen LogP contribution in [0.5, 0.6) is 0 Å². The highest BCUT2D eigenvalue weighted by atomic mass is 19.1. The number of fused-ring (bicyclic) bond motifs is 1. The molecule has 3 rings (SSSR count). The number of hydrogen-bond donors (Lipinski definition) is 1. The number of nitrogens with zero attached hydrogens (tertiary/aromatic N) is 3. The van der Waals surface area contributed by atoms with Gasteiger partial charge in [-0.3, -0.25) is 9.69 Å². The molecule has 1 aliphatic heterocycles. The maximum Gasteiger partial charge on any atom is 0.251 e. The standard InChI is InChI=1S/C12H9FN4O/c13-8-2-1-3-9(4-8)17-10-5-14-7-16-12(10)15-6-11(17)18/h1-5,7H,6H2,(H,14,15,16). The average Bonchev–Trinajstić information content (AvgIpc) is 2.38. The van der Waals surface area contributed by atoms with Crippen LogP contribution in [0.25, 0.3) is 0 Å². The Morgan fingerprint density at radius 2 is 2.28 bits per heavy atom. The van der Waals surface area contributed by atoms with Crippen LogP contribution in [0, 0.1) is 5.82 Å². The Labute approximate surface area is 102 Å². The molecule has 1 N–H and O–H groups in total. The molecule has 0 saturated carbocycles. The molecule has 0 aliphatic carbocycles. The van der Waals surface area contributed by atoms with Gasteiger partial charge in [-0.05, 0) is 18.2 Å². The smallest absolute Gasteiger partial charge is 0.251 e. The number of aromatic nitrogens is 2. The molecule has 90 valence electrons. The summed E-state index contributed by atoms with van der Waals surface area (Å²) in [6, 6.07) is 5.87. The van der Waals surface area contributed by atoms with Crippen LogP contribution in [0.4, 0.5) is 21.6 Å². The van der Waals surface area contributed by atoms with Crippen LogP contribution in [-0.4, -0.2) is 22.4 Å². The van der Waals surface area contributed by atoms with Gasteiger partial charge in [-0.2, -0.15) is 0 Å². The lowest BCUT2D eigenvalue weighted by Gasteiger charge is -2.28. The molecule has 0 bridgehead atoms. The van der Waals surface area contributed by atoms with Gasteiger partial charge in [-0.1, -0.05) is 6.07 Å². The first kappa shape index (κ1) is 10.6. The molecule has 5 nitrogen and oxygen atoms in total. The molecule has 1 aromatic heterocycles. The fourth-order valence-corrected chi connectivity index (χ4v) is 1.89. The van der Waals surface area contributed by atoms with E-state index < -0.39 is 5.82 Å². The molecule has 2 heterocycles. The second-order valence-corrected chi connectivity index (χ2v) is 3.82. The van der Waals surface area contributed by atoms with E-state index in [4.69, 9.17) is 0 Å². The van der Waals surface area contributed by atoms with Gasteiger partial charge in [-0.25, -0.2) is 14.4 Å². The monoisotopic (exact) mass is 244 g/mol. The Balaban J connectivity index is 2.13. The molecule has 0 unspecified atom stereocenters. The largest absolute Gasteiger partial charge is 0.359 e. The van der Waals surface area contributed by atoms with Crippen molar-refractivity contribution in [2.75, 3.05) is 16.8 Å². The first-order chi connectivity index (χ1) is 8.75. The van der Waals surface area contributed by atoms with Gasteiger partial charge < -0.3 is 5.32 Å². The summed E-state index contributed by atoms with van der Waals surface area (Å²) < 4.78 is 13.2. The van der Waals surface area contributed by atoms with E-state index in [2.05, 4.69) is 15.3 Å². The maximum absolute atomic E-state index is 13.2. The lowest BCUT2D eigenvalue weighted by atomic mass is 10.2. The third-order valence-corrected chi connectivity index (χ3v) is 2.66. The number of nitrogens with one attached hydrogen (secondary N) is 1. The van der Waals surface area contributed by atoms with E-state index in [9.17, 15) is 9.18 Å². The van der Waals surface area contributed by atoms with E-state index >= 15 is 0 Å². The van der Waals surface area contributed by atoms with Crippen molar-refractivity contribution in [3.05, 3.63) is 42.6 Å². The second kappa shape index (κ2) is 4.06. The fourth-order valence-electron chi connectivity index (χ4n) is 1.89. The van der Waals surface area contributed by atoms with Crippen LogP contribution in [0.15, 0.2) is 36.8 Å². The summed E-state index contributed by atoms with van der Waals surface area (Å²) in [7, 11) is 0. The van der Waals surface area contributed by atoms with Crippen molar-refractivity contribution in [1.29, 1.82) is 0 Å². The van der Waals surface area contributed by atoms with Crippen molar-refractivity contribution in [3.63, 3.8) is 0 Å². The molecule has 6 heteroatoms. The summed E-state index contributed by atoms with van der Waals surface area (Å²) in [6.07, 6.45) is 2.92. The molecule has 1 aliphatic rings. The van der Waals surface area contributed by atoms with E-state index in [1.807, 2.05) is 0 Å². The number of carbonyl (C=O) groups is 1. The van der Waals surface area contributed by atoms with Crippen LogP contribution >= 0.6 is 0 Å². The van der Waals surface area contributed by atoms with Gasteiger partial charge in [0.1, 0.15) is 17.8 Å². The number of hydrogen-bond acceptors (Lipinski definition) is 4. The molecule has 1 aromatic carbocycles. The van der Waals surface area contributed by atoms with Gasteiger partial charge in [0.25, 0.3) is 5.91 Å². The highest BCUT2D eigenvalue weighted by molar-refractivity contribution is 6.07. The SMILES string of the molecule is O=C1CNc2ncncc2N1c1cccc(F)c1. The zero-order chi connectivity index (χ0) is 12.5. The summed E-state index contributed by atoms with van der Waals surface area (Å²) in [6.45, 7) is 0.126. The van der Waals surface area contributed by atoms with Crippen molar-refractivity contribution in [3.8, 4) is 0 Å². The summed E-state index contributed by atoms with van der Waals surface area (Å²) in [5, 5.41) is 2.89. The first-order valence-corrected chi connectivity index (χ1v) is 5.38. The molecule has 1 amide bonds. The lowest BCUT2D eigenvalue weighted by molar-refractivity contribution is -0.116. The van der Waals surface area contributed by atoms with Crippen molar-refractivity contribution in [2.24, 2.45) is 0 Å². The summed E-state index contributed by atoms with van der Waals surface area (Å²) >= 11 is 0. The zero-order valence-electron chi connectivity index (χ0n) is 9.30. The topological polar surface area (TPSA) is 58.1 Å². The minimum Gasteiger partial charge on any atom is -0.359 e. The van der Waals surface area contributed by atoms with Gasteiger partial charge in [0.15, 0.2) is 5.82 Å².